The molecule has 0 aliphatic heterocycles. The Morgan fingerprint density at radius 3 is 2.61 bits per heavy atom. The molecule has 0 heterocycles. The van der Waals surface area contributed by atoms with Crippen molar-refractivity contribution in [1.29, 1.82) is 0 Å². The van der Waals surface area contributed by atoms with Gasteiger partial charge in [0, 0.05) is 11.4 Å². The Balaban J connectivity index is 2.97. The van der Waals surface area contributed by atoms with Gasteiger partial charge in [0.15, 0.2) is 0 Å². The van der Waals surface area contributed by atoms with E-state index >= 15 is 0 Å². The van der Waals surface area contributed by atoms with E-state index in [2.05, 4.69) is 15.9 Å². The van der Waals surface area contributed by atoms with E-state index in [9.17, 15) is 15.0 Å². The Bertz CT molecular complexity index is 431. The molecule has 0 spiro atoms. The third kappa shape index (κ3) is 4.25. The highest BCUT2D eigenvalue weighted by atomic mass is 79.9. The zero-order chi connectivity index (χ0) is 13.5. The second kappa shape index (κ2) is 7.31. The van der Waals surface area contributed by atoms with Crippen LogP contribution in [-0.2, 0) is 4.79 Å². The SMILES string of the molecule is O=C(O)/C=C/c1ccccc1C(O)C(O)CCBr. The molecule has 0 radical (unpaired) electrons. The lowest BCUT2D eigenvalue weighted by molar-refractivity contribution is -0.131. The van der Waals surface area contributed by atoms with E-state index in [0.29, 0.717) is 22.9 Å². The predicted octanol–water partition coefficient (Wildman–Crippen LogP) is 1.96. The lowest BCUT2D eigenvalue weighted by Crippen LogP contribution is -2.19. The van der Waals surface area contributed by atoms with Crippen molar-refractivity contribution < 1.29 is 20.1 Å². The molecule has 0 saturated carbocycles. The summed E-state index contributed by atoms with van der Waals surface area (Å²) in [6, 6.07) is 6.84. The summed E-state index contributed by atoms with van der Waals surface area (Å²) in [6.07, 6.45) is 0.906. The van der Waals surface area contributed by atoms with Gasteiger partial charge >= 0.3 is 5.97 Å². The van der Waals surface area contributed by atoms with Crippen molar-refractivity contribution in [1.82, 2.24) is 0 Å². The highest BCUT2D eigenvalue weighted by Gasteiger charge is 2.19. The monoisotopic (exact) mass is 314 g/mol. The van der Waals surface area contributed by atoms with E-state index in [4.69, 9.17) is 5.11 Å². The fourth-order valence-electron chi connectivity index (χ4n) is 1.57. The molecule has 2 unspecified atom stereocenters. The molecule has 0 saturated heterocycles. The van der Waals surface area contributed by atoms with Crippen LogP contribution >= 0.6 is 15.9 Å². The molecule has 0 amide bonds. The van der Waals surface area contributed by atoms with E-state index in [1.807, 2.05) is 0 Å². The second-order valence-corrected chi connectivity index (χ2v) is 4.58. The molecule has 2 atom stereocenters. The maximum absolute atomic E-state index is 10.5. The number of carboxylic acid groups (broad SMARTS) is 1. The minimum atomic E-state index is -1.06. The van der Waals surface area contributed by atoms with Crippen molar-refractivity contribution in [2.24, 2.45) is 0 Å². The number of carboxylic acids is 1. The van der Waals surface area contributed by atoms with Gasteiger partial charge in [0.1, 0.15) is 6.10 Å². The molecule has 3 N–H and O–H groups in total. The van der Waals surface area contributed by atoms with Crippen LogP contribution < -0.4 is 0 Å². The van der Waals surface area contributed by atoms with Crippen LogP contribution in [0.25, 0.3) is 6.08 Å². The average Bonchev–Trinajstić information content (AvgIpc) is 2.36. The van der Waals surface area contributed by atoms with Crippen LogP contribution in [0.4, 0.5) is 0 Å². The van der Waals surface area contributed by atoms with Gasteiger partial charge < -0.3 is 15.3 Å². The Morgan fingerprint density at radius 1 is 1.33 bits per heavy atom. The summed E-state index contributed by atoms with van der Waals surface area (Å²) < 4.78 is 0. The van der Waals surface area contributed by atoms with Gasteiger partial charge in [0.25, 0.3) is 0 Å². The van der Waals surface area contributed by atoms with Crippen molar-refractivity contribution in [2.75, 3.05) is 5.33 Å². The van der Waals surface area contributed by atoms with Gasteiger partial charge in [-0.2, -0.15) is 0 Å². The fourth-order valence-corrected chi connectivity index (χ4v) is 2.04. The van der Waals surface area contributed by atoms with Crippen LogP contribution in [-0.4, -0.2) is 32.7 Å². The third-order valence-electron chi connectivity index (χ3n) is 2.49. The largest absolute Gasteiger partial charge is 0.478 e. The van der Waals surface area contributed by atoms with Crippen molar-refractivity contribution in [2.45, 2.75) is 18.6 Å². The highest BCUT2D eigenvalue weighted by molar-refractivity contribution is 9.09. The topological polar surface area (TPSA) is 77.8 Å². The number of benzene rings is 1. The van der Waals surface area contributed by atoms with Crippen LogP contribution in [0.2, 0.25) is 0 Å². The molecular formula is C13H15BrO4. The summed E-state index contributed by atoms with van der Waals surface area (Å²) >= 11 is 3.20. The van der Waals surface area contributed by atoms with Gasteiger partial charge in [-0.05, 0) is 23.6 Å². The van der Waals surface area contributed by atoms with Crippen molar-refractivity contribution in [3.8, 4) is 0 Å². The van der Waals surface area contributed by atoms with Gasteiger partial charge in [-0.25, -0.2) is 4.79 Å². The molecule has 1 aromatic carbocycles. The van der Waals surface area contributed by atoms with Crippen LogP contribution in [0.3, 0.4) is 0 Å². The number of hydrogen-bond donors (Lipinski definition) is 3. The van der Waals surface area contributed by atoms with Crippen molar-refractivity contribution in [3.63, 3.8) is 0 Å². The molecule has 0 aliphatic carbocycles. The Morgan fingerprint density at radius 2 is 2.00 bits per heavy atom. The van der Waals surface area contributed by atoms with Crippen LogP contribution in [0.5, 0.6) is 0 Å². The minimum absolute atomic E-state index is 0.415. The third-order valence-corrected chi connectivity index (χ3v) is 2.95. The van der Waals surface area contributed by atoms with Gasteiger partial charge in [-0.3, -0.25) is 0 Å². The number of alkyl halides is 1. The van der Waals surface area contributed by atoms with Gasteiger partial charge in [0.05, 0.1) is 6.10 Å². The van der Waals surface area contributed by atoms with Crippen molar-refractivity contribution in [3.05, 3.63) is 41.5 Å². The van der Waals surface area contributed by atoms with Crippen LogP contribution in [0.1, 0.15) is 23.7 Å². The summed E-state index contributed by atoms with van der Waals surface area (Å²) in [4.78, 5) is 10.5. The molecule has 0 aromatic heterocycles. The summed E-state index contributed by atoms with van der Waals surface area (Å²) in [5.41, 5.74) is 1.10. The number of aliphatic hydroxyl groups excluding tert-OH is 2. The van der Waals surface area contributed by atoms with Crippen molar-refractivity contribution >= 4 is 28.0 Å². The standard InChI is InChI=1S/C13H15BrO4/c14-8-7-11(15)13(18)10-4-2-1-3-9(10)5-6-12(16)17/h1-6,11,13,15,18H,7-8H2,(H,16,17)/b6-5+. The zero-order valence-electron chi connectivity index (χ0n) is 9.66. The Labute approximate surface area is 114 Å². The number of rotatable bonds is 6. The first kappa shape index (κ1) is 14.9. The second-order valence-electron chi connectivity index (χ2n) is 3.79. The molecular weight excluding hydrogens is 300 g/mol. The number of aliphatic carboxylic acids is 1. The van der Waals surface area contributed by atoms with E-state index in [1.165, 1.54) is 6.08 Å². The minimum Gasteiger partial charge on any atom is -0.478 e. The number of carbonyl (C=O) groups is 1. The van der Waals surface area contributed by atoms with Gasteiger partial charge in [-0.1, -0.05) is 40.2 Å². The molecule has 0 bridgehead atoms. The van der Waals surface area contributed by atoms with E-state index in [1.54, 1.807) is 24.3 Å². The fraction of sp³-hybridized carbons (Fsp3) is 0.308. The number of hydrogen-bond acceptors (Lipinski definition) is 3. The maximum Gasteiger partial charge on any atom is 0.328 e. The number of halogens is 1. The number of aliphatic hydroxyl groups is 2. The highest BCUT2D eigenvalue weighted by Crippen LogP contribution is 2.24. The Hall–Kier alpha value is -1.17. The summed E-state index contributed by atoms with van der Waals surface area (Å²) in [5, 5.41) is 28.9. The maximum atomic E-state index is 10.5. The smallest absolute Gasteiger partial charge is 0.328 e. The predicted molar refractivity (Wildman–Crippen MR) is 72.5 cm³/mol. The molecule has 5 heteroatoms. The first-order valence-electron chi connectivity index (χ1n) is 5.48. The average molecular weight is 315 g/mol. The van der Waals surface area contributed by atoms with Crippen LogP contribution in [0, 0.1) is 0 Å². The first-order valence-corrected chi connectivity index (χ1v) is 6.60. The molecule has 98 valence electrons. The first-order chi connectivity index (χ1) is 8.56. The molecule has 1 aromatic rings. The van der Waals surface area contributed by atoms with Gasteiger partial charge in [-0.15, -0.1) is 0 Å². The normalized spacial score (nSPS) is 14.6. The lowest BCUT2D eigenvalue weighted by atomic mass is 9.97. The quantitative estimate of drug-likeness (QED) is 0.554. The zero-order valence-corrected chi connectivity index (χ0v) is 11.2. The van der Waals surface area contributed by atoms with E-state index < -0.39 is 18.2 Å². The summed E-state index contributed by atoms with van der Waals surface area (Å²) in [5.74, 6) is -1.06. The molecule has 4 nitrogen and oxygen atoms in total. The molecule has 0 aliphatic rings. The summed E-state index contributed by atoms with van der Waals surface area (Å²) in [7, 11) is 0. The molecule has 1 rings (SSSR count). The van der Waals surface area contributed by atoms with Crippen LogP contribution in [0.15, 0.2) is 30.3 Å². The molecule has 0 fully saturated rings. The van der Waals surface area contributed by atoms with E-state index in [-0.39, 0.29) is 0 Å². The lowest BCUT2D eigenvalue weighted by Gasteiger charge is -2.19. The van der Waals surface area contributed by atoms with E-state index in [0.717, 1.165) is 6.08 Å². The summed E-state index contributed by atoms with van der Waals surface area (Å²) in [6.45, 7) is 0. The molecule has 18 heavy (non-hydrogen) atoms. The Kier molecular flexibility index (Phi) is 6.04. The van der Waals surface area contributed by atoms with Gasteiger partial charge in [0.2, 0.25) is 0 Å².